The van der Waals surface area contributed by atoms with E-state index in [0.717, 1.165) is 13.0 Å². The molecule has 1 fully saturated rings. The highest BCUT2D eigenvalue weighted by atomic mass is 16.9. The molecule has 132 valence electrons. The Kier molecular flexibility index (Phi) is 10.2. The zero-order valence-corrected chi connectivity index (χ0v) is 14.8. The average Bonchev–Trinajstić information content (AvgIpc) is 3.36. The van der Waals surface area contributed by atoms with Crippen molar-refractivity contribution >= 4 is 0 Å². The number of unbranched alkanes of at least 4 members (excludes halogenated alkanes) is 4. The zero-order chi connectivity index (χ0) is 16.3. The molecule has 0 aromatic rings. The first-order valence-corrected chi connectivity index (χ1v) is 8.54. The molecule has 1 aliphatic heterocycles. The van der Waals surface area contributed by atoms with Gasteiger partial charge in [0, 0.05) is 34.4 Å². The first kappa shape index (κ1) is 19.8. The van der Waals surface area contributed by atoms with E-state index < -0.39 is 5.97 Å². The molecule has 0 spiro atoms. The monoisotopic (exact) mass is 318 g/mol. The molecule has 22 heavy (non-hydrogen) atoms. The summed E-state index contributed by atoms with van der Waals surface area (Å²) in [6.07, 6.45) is 8.47. The van der Waals surface area contributed by atoms with Gasteiger partial charge in [-0.2, -0.15) is 0 Å². The number of methoxy groups -OCH3 is 3. The van der Waals surface area contributed by atoms with E-state index in [0.29, 0.717) is 31.7 Å². The number of hydrogen-bond acceptors (Lipinski definition) is 5. The Morgan fingerprint density at radius 1 is 1.05 bits per heavy atom. The highest BCUT2D eigenvalue weighted by molar-refractivity contribution is 4.70. The minimum Gasteiger partial charge on any atom is -0.378 e. The van der Waals surface area contributed by atoms with E-state index in [9.17, 15) is 0 Å². The number of hydrogen-bond donors (Lipinski definition) is 0. The molecule has 1 saturated heterocycles. The van der Waals surface area contributed by atoms with E-state index in [2.05, 4.69) is 6.92 Å². The molecule has 1 rings (SSSR count). The third kappa shape index (κ3) is 7.88. The maximum absolute atomic E-state index is 5.79. The molecule has 5 nitrogen and oxygen atoms in total. The van der Waals surface area contributed by atoms with Gasteiger partial charge in [0.15, 0.2) is 0 Å². The fourth-order valence-corrected chi connectivity index (χ4v) is 2.66. The van der Waals surface area contributed by atoms with Crippen molar-refractivity contribution in [3.05, 3.63) is 0 Å². The number of epoxide rings is 1. The molecule has 5 heteroatoms. The van der Waals surface area contributed by atoms with Crippen LogP contribution in [0, 0.1) is 5.92 Å². The Morgan fingerprint density at radius 2 is 1.68 bits per heavy atom. The maximum Gasteiger partial charge on any atom is 0.282 e. The second-order valence-corrected chi connectivity index (χ2v) is 6.06. The van der Waals surface area contributed by atoms with Crippen LogP contribution >= 0.6 is 0 Å². The minimum atomic E-state index is -0.965. The van der Waals surface area contributed by atoms with Crippen molar-refractivity contribution in [1.82, 2.24) is 0 Å². The first-order valence-electron chi connectivity index (χ1n) is 8.54. The van der Waals surface area contributed by atoms with Crippen LogP contribution in [0.2, 0.25) is 0 Å². The van der Waals surface area contributed by atoms with Crippen LogP contribution in [0.3, 0.4) is 0 Å². The van der Waals surface area contributed by atoms with Gasteiger partial charge in [0.25, 0.3) is 5.97 Å². The third-order valence-corrected chi connectivity index (χ3v) is 4.25. The Balaban J connectivity index is 2.36. The van der Waals surface area contributed by atoms with E-state index in [-0.39, 0.29) is 0 Å². The van der Waals surface area contributed by atoms with Gasteiger partial charge in [-0.1, -0.05) is 39.0 Å². The van der Waals surface area contributed by atoms with E-state index in [4.69, 9.17) is 23.7 Å². The lowest BCUT2D eigenvalue weighted by atomic mass is 9.96. The smallest absolute Gasteiger partial charge is 0.282 e. The molecule has 0 radical (unpaired) electrons. The Hall–Kier alpha value is -0.200. The van der Waals surface area contributed by atoms with Crippen LogP contribution < -0.4 is 0 Å². The van der Waals surface area contributed by atoms with Crippen LogP contribution in [0.1, 0.15) is 51.9 Å². The fourth-order valence-electron chi connectivity index (χ4n) is 2.66. The second-order valence-electron chi connectivity index (χ2n) is 6.06. The third-order valence-electron chi connectivity index (χ3n) is 4.25. The standard InChI is InChI=1S/C17H34O5/c1-5-6-7-8-9-10-15(12-21-13-16-14-22-16)11-17(18-2,19-3)20-4/h15-16H,5-14H2,1-4H3. The van der Waals surface area contributed by atoms with E-state index in [1.807, 2.05) is 0 Å². The van der Waals surface area contributed by atoms with Crippen molar-refractivity contribution in [2.45, 2.75) is 63.9 Å². The van der Waals surface area contributed by atoms with Gasteiger partial charge in [-0.3, -0.25) is 0 Å². The van der Waals surface area contributed by atoms with Crippen LogP contribution in [0.4, 0.5) is 0 Å². The predicted molar refractivity (Wildman–Crippen MR) is 85.8 cm³/mol. The van der Waals surface area contributed by atoms with Gasteiger partial charge in [0.05, 0.1) is 13.2 Å². The highest BCUT2D eigenvalue weighted by Gasteiger charge is 2.33. The van der Waals surface area contributed by atoms with Gasteiger partial charge in [0.1, 0.15) is 6.10 Å². The quantitative estimate of drug-likeness (QED) is 0.263. The van der Waals surface area contributed by atoms with E-state index in [1.54, 1.807) is 21.3 Å². The van der Waals surface area contributed by atoms with Gasteiger partial charge < -0.3 is 23.7 Å². The maximum atomic E-state index is 5.79. The molecular formula is C17H34O5. The van der Waals surface area contributed by atoms with Crippen molar-refractivity contribution in [2.24, 2.45) is 5.92 Å². The Bertz CT molecular complexity index is 256. The van der Waals surface area contributed by atoms with Crippen molar-refractivity contribution in [3.63, 3.8) is 0 Å². The summed E-state index contributed by atoms with van der Waals surface area (Å²) >= 11 is 0. The summed E-state index contributed by atoms with van der Waals surface area (Å²) in [6.45, 7) is 4.46. The largest absolute Gasteiger partial charge is 0.378 e. The molecule has 1 aliphatic rings. The molecule has 1 heterocycles. The molecule has 0 N–H and O–H groups in total. The Morgan fingerprint density at radius 3 is 2.23 bits per heavy atom. The molecule has 2 unspecified atom stereocenters. The van der Waals surface area contributed by atoms with Crippen LogP contribution in [0.15, 0.2) is 0 Å². The lowest BCUT2D eigenvalue weighted by Crippen LogP contribution is -2.39. The summed E-state index contributed by atoms with van der Waals surface area (Å²) in [5, 5.41) is 0. The van der Waals surface area contributed by atoms with E-state index in [1.165, 1.54) is 32.1 Å². The van der Waals surface area contributed by atoms with Gasteiger partial charge >= 0.3 is 0 Å². The van der Waals surface area contributed by atoms with Crippen molar-refractivity contribution in [2.75, 3.05) is 41.2 Å². The molecule has 2 atom stereocenters. The molecule has 0 bridgehead atoms. The summed E-state index contributed by atoms with van der Waals surface area (Å²) in [6, 6.07) is 0. The summed E-state index contributed by atoms with van der Waals surface area (Å²) in [5.41, 5.74) is 0. The first-order chi connectivity index (χ1) is 10.7. The second kappa shape index (κ2) is 11.4. The average molecular weight is 318 g/mol. The normalized spacial score (nSPS) is 19.4. The van der Waals surface area contributed by atoms with Gasteiger partial charge in [-0.05, 0) is 12.3 Å². The van der Waals surface area contributed by atoms with Gasteiger partial charge in [-0.25, -0.2) is 0 Å². The lowest BCUT2D eigenvalue weighted by Gasteiger charge is -2.32. The topological polar surface area (TPSA) is 49.5 Å². The van der Waals surface area contributed by atoms with Crippen LogP contribution in [0.5, 0.6) is 0 Å². The fraction of sp³-hybridized carbons (Fsp3) is 1.00. The summed E-state index contributed by atoms with van der Waals surface area (Å²) < 4.78 is 27.2. The zero-order valence-electron chi connectivity index (χ0n) is 14.8. The van der Waals surface area contributed by atoms with Crippen molar-refractivity contribution < 1.29 is 23.7 Å². The molecule has 0 amide bonds. The lowest BCUT2D eigenvalue weighted by molar-refractivity contribution is -0.360. The van der Waals surface area contributed by atoms with Gasteiger partial charge in [0.2, 0.25) is 0 Å². The summed E-state index contributed by atoms with van der Waals surface area (Å²) in [4.78, 5) is 0. The minimum absolute atomic E-state index is 0.308. The Labute approximate surface area is 135 Å². The molecule has 0 saturated carbocycles. The molecule has 0 aromatic carbocycles. The molecule has 0 aliphatic carbocycles. The van der Waals surface area contributed by atoms with Crippen LogP contribution in [-0.4, -0.2) is 53.2 Å². The summed E-state index contributed by atoms with van der Waals surface area (Å²) in [7, 11) is 4.85. The van der Waals surface area contributed by atoms with Gasteiger partial charge in [-0.15, -0.1) is 0 Å². The SMILES string of the molecule is CCCCCCCC(COCC1CO1)CC(OC)(OC)OC. The van der Waals surface area contributed by atoms with Crippen molar-refractivity contribution in [1.29, 1.82) is 0 Å². The summed E-state index contributed by atoms with van der Waals surface area (Å²) in [5.74, 6) is -0.603. The van der Waals surface area contributed by atoms with E-state index >= 15 is 0 Å². The highest BCUT2D eigenvalue weighted by Crippen LogP contribution is 2.27. The van der Waals surface area contributed by atoms with Crippen LogP contribution in [0.25, 0.3) is 0 Å². The molecular weight excluding hydrogens is 284 g/mol. The van der Waals surface area contributed by atoms with Crippen LogP contribution in [-0.2, 0) is 23.7 Å². The predicted octanol–water partition coefficient (Wildman–Crippen LogP) is 3.36. The molecule has 0 aromatic heterocycles. The number of ether oxygens (including phenoxy) is 5. The van der Waals surface area contributed by atoms with Crippen molar-refractivity contribution in [3.8, 4) is 0 Å². The number of rotatable bonds is 15.